The molecule has 0 N–H and O–H groups in total. The van der Waals surface area contributed by atoms with E-state index in [1.807, 2.05) is 36.4 Å². The van der Waals surface area contributed by atoms with Gasteiger partial charge in [0.05, 0.1) is 11.9 Å². The first-order valence-corrected chi connectivity index (χ1v) is 10.5. The SMILES string of the molecule is N#Cc1ncc(-c2c3c(cc4oc5ccccc5c24)-c2cccc4cccc-3c24)nc1C#N. The summed E-state index contributed by atoms with van der Waals surface area (Å²) in [5.74, 6) is 0. The van der Waals surface area contributed by atoms with E-state index >= 15 is 0 Å². The Bertz CT molecular complexity index is 1900. The number of nitrogens with zero attached hydrogens (tertiary/aromatic N) is 4. The Morgan fingerprint density at radius 2 is 1.48 bits per heavy atom. The van der Waals surface area contributed by atoms with Crippen molar-refractivity contribution in [1.82, 2.24) is 9.97 Å². The number of benzene rings is 4. The topological polar surface area (TPSA) is 86.5 Å². The summed E-state index contributed by atoms with van der Waals surface area (Å²) in [5.41, 5.74) is 7.35. The summed E-state index contributed by atoms with van der Waals surface area (Å²) in [5, 5.41) is 23.2. The van der Waals surface area contributed by atoms with Crippen LogP contribution < -0.4 is 0 Å². The van der Waals surface area contributed by atoms with E-state index in [1.165, 1.54) is 5.39 Å². The summed E-state index contributed by atoms with van der Waals surface area (Å²) in [6.07, 6.45) is 1.58. The van der Waals surface area contributed by atoms with Crippen LogP contribution in [0.15, 0.2) is 77.3 Å². The molecule has 4 aromatic carbocycles. The Labute approximate surface area is 187 Å². The molecule has 0 aliphatic heterocycles. The molecule has 0 fully saturated rings. The lowest BCUT2D eigenvalue weighted by molar-refractivity contribution is 0.669. The molecule has 0 amide bonds. The number of fused-ring (bicyclic) bond motifs is 6. The lowest BCUT2D eigenvalue weighted by atomic mass is 9.92. The number of nitriles is 2. The van der Waals surface area contributed by atoms with Crippen LogP contribution in [0.5, 0.6) is 0 Å². The van der Waals surface area contributed by atoms with E-state index < -0.39 is 0 Å². The van der Waals surface area contributed by atoms with Crippen LogP contribution in [0.4, 0.5) is 0 Å². The first-order valence-electron chi connectivity index (χ1n) is 10.5. The zero-order valence-electron chi connectivity index (χ0n) is 17.1. The van der Waals surface area contributed by atoms with Crippen molar-refractivity contribution in [3.63, 3.8) is 0 Å². The average molecular weight is 420 g/mol. The Balaban J connectivity index is 1.72. The molecule has 6 aromatic rings. The molecule has 2 aromatic heterocycles. The molecule has 5 heteroatoms. The third-order valence-electron chi connectivity index (χ3n) is 6.37. The lowest BCUT2D eigenvalue weighted by Gasteiger charge is -2.12. The zero-order valence-corrected chi connectivity index (χ0v) is 17.1. The molecule has 0 saturated carbocycles. The molecule has 0 bridgehead atoms. The quantitative estimate of drug-likeness (QED) is 0.299. The highest BCUT2D eigenvalue weighted by atomic mass is 16.3. The number of para-hydroxylation sites is 1. The van der Waals surface area contributed by atoms with Crippen LogP contribution in [-0.4, -0.2) is 9.97 Å². The third-order valence-corrected chi connectivity index (χ3v) is 6.37. The third kappa shape index (κ3) is 2.23. The molecule has 1 aliphatic carbocycles. The number of furan rings is 1. The van der Waals surface area contributed by atoms with Gasteiger partial charge in [0.2, 0.25) is 0 Å². The van der Waals surface area contributed by atoms with Crippen LogP contribution in [0, 0.1) is 22.7 Å². The van der Waals surface area contributed by atoms with E-state index in [1.54, 1.807) is 6.20 Å². The molecular formula is C28H12N4O. The van der Waals surface area contributed by atoms with Gasteiger partial charge in [0.15, 0.2) is 11.4 Å². The highest BCUT2D eigenvalue weighted by Crippen LogP contribution is 2.54. The van der Waals surface area contributed by atoms with Gasteiger partial charge in [-0.2, -0.15) is 10.5 Å². The molecule has 33 heavy (non-hydrogen) atoms. The lowest BCUT2D eigenvalue weighted by Crippen LogP contribution is -1.98. The van der Waals surface area contributed by atoms with Crippen molar-refractivity contribution in [3.8, 4) is 45.6 Å². The summed E-state index contributed by atoms with van der Waals surface area (Å²) in [6, 6.07) is 26.6. The van der Waals surface area contributed by atoms with E-state index in [-0.39, 0.29) is 11.4 Å². The van der Waals surface area contributed by atoms with Crippen LogP contribution in [0.2, 0.25) is 0 Å². The minimum Gasteiger partial charge on any atom is -0.456 e. The van der Waals surface area contributed by atoms with Gasteiger partial charge >= 0.3 is 0 Å². The molecule has 0 spiro atoms. The minimum atomic E-state index is 0.0160. The van der Waals surface area contributed by atoms with Gasteiger partial charge in [-0.25, -0.2) is 9.97 Å². The van der Waals surface area contributed by atoms with Crippen LogP contribution in [0.25, 0.3) is 66.2 Å². The maximum Gasteiger partial charge on any atom is 0.177 e. The molecular weight excluding hydrogens is 408 g/mol. The number of hydrogen-bond donors (Lipinski definition) is 0. The minimum absolute atomic E-state index is 0.0160. The molecule has 0 atom stereocenters. The van der Waals surface area contributed by atoms with Crippen LogP contribution >= 0.6 is 0 Å². The maximum atomic E-state index is 9.60. The van der Waals surface area contributed by atoms with E-state index in [4.69, 9.17) is 4.42 Å². The van der Waals surface area contributed by atoms with Gasteiger partial charge in [-0.15, -0.1) is 0 Å². The van der Waals surface area contributed by atoms with Crippen LogP contribution in [-0.2, 0) is 0 Å². The van der Waals surface area contributed by atoms with Gasteiger partial charge < -0.3 is 4.42 Å². The molecule has 0 radical (unpaired) electrons. The van der Waals surface area contributed by atoms with E-state index in [0.717, 1.165) is 55.1 Å². The summed E-state index contributed by atoms with van der Waals surface area (Å²) in [4.78, 5) is 8.85. The van der Waals surface area contributed by atoms with E-state index in [0.29, 0.717) is 5.69 Å². The first kappa shape index (κ1) is 17.7. The molecule has 5 nitrogen and oxygen atoms in total. The van der Waals surface area contributed by atoms with Gasteiger partial charge in [0, 0.05) is 21.9 Å². The van der Waals surface area contributed by atoms with Crippen LogP contribution in [0.1, 0.15) is 11.4 Å². The van der Waals surface area contributed by atoms with Gasteiger partial charge in [-0.3, -0.25) is 0 Å². The Kier molecular flexibility index (Phi) is 3.35. The number of rotatable bonds is 1. The Hall–Kier alpha value is -5.00. The van der Waals surface area contributed by atoms with Gasteiger partial charge in [-0.1, -0.05) is 54.6 Å². The fraction of sp³-hybridized carbons (Fsp3) is 0. The Morgan fingerprint density at radius 1 is 0.697 bits per heavy atom. The van der Waals surface area contributed by atoms with Crippen molar-refractivity contribution in [2.24, 2.45) is 0 Å². The van der Waals surface area contributed by atoms with Crippen molar-refractivity contribution in [1.29, 1.82) is 10.5 Å². The normalized spacial score (nSPS) is 11.6. The average Bonchev–Trinajstić information content (AvgIpc) is 3.39. The molecule has 0 unspecified atom stereocenters. The predicted octanol–water partition coefficient (Wildman–Crippen LogP) is 6.59. The van der Waals surface area contributed by atoms with Gasteiger partial charge in [0.25, 0.3) is 0 Å². The largest absolute Gasteiger partial charge is 0.456 e. The van der Waals surface area contributed by atoms with Crippen LogP contribution in [0.3, 0.4) is 0 Å². The van der Waals surface area contributed by atoms with Crippen molar-refractivity contribution >= 4 is 32.7 Å². The van der Waals surface area contributed by atoms with Crippen molar-refractivity contribution in [2.75, 3.05) is 0 Å². The summed E-state index contributed by atoms with van der Waals surface area (Å²) >= 11 is 0. The maximum absolute atomic E-state index is 9.60. The van der Waals surface area contributed by atoms with Gasteiger partial charge in [0.1, 0.15) is 23.3 Å². The van der Waals surface area contributed by atoms with Crippen molar-refractivity contribution in [3.05, 3.63) is 84.3 Å². The molecule has 0 saturated heterocycles. The molecule has 150 valence electrons. The zero-order chi connectivity index (χ0) is 22.1. The summed E-state index contributed by atoms with van der Waals surface area (Å²) < 4.78 is 6.27. The number of hydrogen-bond acceptors (Lipinski definition) is 5. The molecule has 1 aliphatic rings. The fourth-order valence-electron chi connectivity index (χ4n) is 5.08. The highest BCUT2D eigenvalue weighted by molar-refractivity contribution is 6.25. The van der Waals surface area contributed by atoms with Crippen molar-refractivity contribution < 1.29 is 4.42 Å². The predicted molar refractivity (Wildman–Crippen MR) is 126 cm³/mol. The van der Waals surface area contributed by atoms with Crippen molar-refractivity contribution in [2.45, 2.75) is 0 Å². The second-order valence-corrected chi connectivity index (χ2v) is 8.03. The Morgan fingerprint density at radius 3 is 2.30 bits per heavy atom. The smallest absolute Gasteiger partial charge is 0.177 e. The summed E-state index contributed by atoms with van der Waals surface area (Å²) in [6.45, 7) is 0. The second kappa shape index (κ2) is 6.26. The summed E-state index contributed by atoms with van der Waals surface area (Å²) in [7, 11) is 0. The monoisotopic (exact) mass is 420 g/mol. The fourth-order valence-corrected chi connectivity index (χ4v) is 5.08. The van der Waals surface area contributed by atoms with Gasteiger partial charge in [-0.05, 0) is 39.6 Å². The highest BCUT2D eigenvalue weighted by Gasteiger charge is 2.29. The standard InChI is InChI=1S/C28H12N4O/c29-12-20-21(13-30)32-22(14-31-20)28-26-18-9-4-6-15-5-3-8-16(25(15)18)19(26)11-24-27(28)17-7-1-2-10-23(17)33-24/h1-11,14H. The van der Waals surface area contributed by atoms with E-state index in [2.05, 4.69) is 52.4 Å². The van der Waals surface area contributed by atoms with E-state index in [9.17, 15) is 10.5 Å². The molecule has 2 heterocycles. The molecule has 7 rings (SSSR count). The number of aromatic nitrogens is 2. The second-order valence-electron chi connectivity index (χ2n) is 8.03. The first-order chi connectivity index (χ1) is 16.3.